The van der Waals surface area contributed by atoms with E-state index in [0.29, 0.717) is 0 Å². The molecule has 0 aromatic rings. The zero-order valence-electron chi connectivity index (χ0n) is 5.72. The second kappa shape index (κ2) is 3.55. The summed E-state index contributed by atoms with van der Waals surface area (Å²) in [4.78, 5) is 0. The van der Waals surface area contributed by atoms with Gasteiger partial charge in [-0.3, -0.25) is 0 Å². The quantitative estimate of drug-likeness (QED) is 0.586. The summed E-state index contributed by atoms with van der Waals surface area (Å²) >= 11 is 12.4. The SMILES string of the molecule is O=S(=O)(C(F)(F)Cl)S(=O)(=O)C(F)(Cl)Cl. The van der Waals surface area contributed by atoms with Crippen molar-refractivity contribution in [3.63, 3.8) is 0 Å². The molecule has 0 unspecified atom stereocenters. The molecule has 0 aromatic heterocycles. The number of hydrogen-bond acceptors (Lipinski definition) is 4. The van der Waals surface area contributed by atoms with Crippen LogP contribution in [0.4, 0.5) is 13.2 Å². The fourth-order valence-electron chi connectivity index (χ4n) is 0.249. The van der Waals surface area contributed by atoms with E-state index >= 15 is 0 Å². The Bertz CT molecular complexity index is 372. The van der Waals surface area contributed by atoms with E-state index in [0.717, 1.165) is 0 Å². The van der Waals surface area contributed by atoms with Gasteiger partial charge in [0.2, 0.25) is 0 Å². The maximum Gasteiger partial charge on any atom is 0.437 e. The van der Waals surface area contributed by atoms with Crippen molar-refractivity contribution >= 4 is 52.5 Å². The highest BCUT2D eigenvalue weighted by atomic mass is 35.5. The Kier molecular flexibility index (Phi) is 3.69. The summed E-state index contributed by atoms with van der Waals surface area (Å²) in [5.41, 5.74) is 0. The summed E-state index contributed by atoms with van der Waals surface area (Å²) in [6, 6.07) is 0. The topological polar surface area (TPSA) is 68.3 Å². The van der Waals surface area contributed by atoms with E-state index in [1.54, 1.807) is 0 Å². The van der Waals surface area contributed by atoms with Crippen molar-refractivity contribution in [2.24, 2.45) is 0 Å². The van der Waals surface area contributed by atoms with Crippen LogP contribution in [-0.2, 0) is 17.7 Å². The monoisotopic (exact) mass is 314 g/mol. The normalized spacial score (nSPS) is 15.6. The highest BCUT2D eigenvalue weighted by molar-refractivity contribution is 8.68. The molecule has 0 radical (unpaired) electrons. The molecule has 0 amide bonds. The van der Waals surface area contributed by atoms with Gasteiger partial charge in [-0.05, 0) is 34.8 Å². The molecular weight excluding hydrogens is 316 g/mol. The minimum absolute atomic E-state index is 3.93. The number of alkyl halides is 6. The summed E-state index contributed by atoms with van der Waals surface area (Å²) in [7, 11) is -12.5. The first kappa shape index (κ1) is 14.6. The van der Waals surface area contributed by atoms with Gasteiger partial charge in [0.15, 0.2) is 0 Å². The molecule has 0 rings (SSSR count). The summed E-state index contributed by atoms with van der Waals surface area (Å²) in [5.74, 6) is 0. The van der Waals surface area contributed by atoms with Crippen molar-refractivity contribution < 1.29 is 30.0 Å². The van der Waals surface area contributed by atoms with Gasteiger partial charge in [-0.15, -0.1) is 0 Å². The lowest BCUT2D eigenvalue weighted by atomic mass is 11.6. The molecule has 14 heavy (non-hydrogen) atoms. The summed E-state index contributed by atoms with van der Waals surface area (Å²) in [6.45, 7) is 0. The van der Waals surface area contributed by atoms with Crippen molar-refractivity contribution in [2.45, 2.75) is 8.63 Å². The third-order valence-electron chi connectivity index (χ3n) is 0.856. The summed E-state index contributed by atoms with van der Waals surface area (Å²) in [6.07, 6.45) is 0. The average Bonchev–Trinajstić information content (AvgIpc) is 1.81. The molecule has 0 saturated heterocycles. The maximum atomic E-state index is 12.4. The van der Waals surface area contributed by atoms with Crippen LogP contribution in [0.2, 0.25) is 0 Å². The molecular formula is C2Cl3F3O4S2. The van der Waals surface area contributed by atoms with Crippen LogP contribution in [0.15, 0.2) is 0 Å². The molecule has 12 heteroatoms. The van der Waals surface area contributed by atoms with Crippen molar-refractivity contribution in [1.29, 1.82) is 0 Å². The van der Waals surface area contributed by atoms with E-state index in [2.05, 4.69) is 34.8 Å². The van der Waals surface area contributed by atoms with Gasteiger partial charge >= 0.3 is 26.4 Å². The number of halogens is 6. The zero-order valence-corrected chi connectivity index (χ0v) is 9.62. The van der Waals surface area contributed by atoms with Gasteiger partial charge in [0.1, 0.15) is 0 Å². The van der Waals surface area contributed by atoms with Gasteiger partial charge in [-0.25, -0.2) is 16.8 Å². The van der Waals surface area contributed by atoms with Crippen LogP contribution >= 0.6 is 34.8 Å². The fraction of sp³-hybridized carbons (Fsp3) is 1.00. The highest BCUT2D eigenvalue weighted by Crippen LogP contribution is 2.41. The van der Waals surface area contributed by atoms with Gasteiger partial charge in [-0.2, -0.15) is 13.2 Å². The Balaban J connectivity index is 5.85. The Labute approximate surface area is 91.2 Å². The van der Waals surface area contributed by atoms with Crippen LogP contribution in [-0.4, -0.2) is 25.5 Å². The van der Waals surface area contributed by atoms with E-state index in [-0.39, 0.29) is 0 Å². The minimum Gasteiger partial charge on any atom is -0.206 e. The highest BCUT2D eigenvalue weighted by Gasteiger charge is 2.61. The minimum atomic E-state index is -6.37. The third-order valence-corrected chi connectivity index (χ3v) is 8.27. The summed E-state index contributed by atoms with van der Waals surface area (Å²) in [5, 5.41) is 0. The van der Waals surface area contributed by atoms with E-state index in [1.165, 1.54) is 0 Å². The van der Waals surface area contributed by atoms with Crippen molar-refractivity contribution in [3.8, 4) is 0 Å². The van der Waals surface area contributed by atoms with Gasteiger partial charge < -0.3 is 0 Å². The van der Waals surface area contributed by atoms with Crippen molar-refractivity contribution in [2.75, 3.05) is 0 Å². The lowest BCUT2D eigenvalue weighted by Crippen LogP contribution is -2.37. The molecule has 0 spiro atoms. The van der Waals surface area contributed by atoms with Crippen LogP contribution in [0.1, 0.15) is 0 Å². The first-order chi connectivity index (χ1) is 5.75. The van der Waals surface area contributed by atoms with Crippen LogP contribution in [0.3, 0.4) is 0 Å². The predicted molar refractivity (Wildman–Crippen MR) is 44.2 cm³/mol. The molecule has 0 aromatic carbocycles. The first-order valence-electron chi connectivity index (χ1n) is 2.38. The van der Waals surface area contributed by atoms with Crippen LogP contribution in [0, 0.1) is 0 Å². The maximum absolute atomic E-state index is 12.4. The van der Waals surface area contributed by atoms with Gasteiger partial charge in [0, 0.05) is 0 Å². The summed E-state index contributed by atoms with van der Waals surface area (Å²) < 4.78 is 68.8. The van der Waals surface area contributed by atoms with Crippen molar-refractivity contribution in [3.05, 3.63) is 0 Å². The third kappa shape index (κ3) is 2.21. The van der Waals surface area contributed by atoms with E-state index in [4.69, 9.17) is 0 Å². The van der Waals surface area contributed by atoms with Crippen LogP contribution < -0.4 is 0 Å². The lowest BCUT2D eigenvalue weighted by Gasteiger charge is -2.13. The molecule has 0 aliphatic rings. The van der Waals surface area contributed by atoms with Crippen LogP contribution in [0.25, 0.3) is 0 Å². The van der Waals surface area contributed by atoms with E-state index in [1.807, 2.05) is 0 Å². The molecule has 0 aliphatic carbocycles. The molecule has 0 fully saturated rings. The van der Waals surface area contributed by atoms with Crippen LogP contribution in [0.5, 0.6) is 0 Å². The molecule has 0 aliphatic heterocycles. The van der Waals surface area contributed by atoms with Gasteiger partial charge in [0.05, 0.1) is 0 Å². The zero-order chi connectivity index (χ0) is 12.0. The Hall–Kier alpha value is 0.560. The van der Waals surface area contributed by atoms with Gasteiger partial charge in [-0.1, -0.05) is 0 Å². The van der Waals surface area contributed by atoms with Gasteiger partial charge in [0.25, 0.3) is 0 Å². The second-order valence-electron chi connectivity index (χ2n) is 1.80. The lowest BCUT2D eigenvalue weighted by molar-refractivity contribution is 0.190. The first-order valence-corrected chi connectivity index (χ1v) is 6.99. The van der Waals surface area contributed by atoms with E-state index in [9.17, 15) is 30.0 Å². The molecule has 0 atom stereocenters. The molecule has 0 N–H and O–H groups in total. The smallest absolute Gasteiger partial charge is 0.206 e. The molecule has 0 bridgehead atoms. The molecule has 86 valence electrons. The largest absolute Gasteiger partial charge is 0.437 e. The Morgan fingerprint density at radius 3 is 1.14 bits per heavy atom. The Morgan fingerprint density at radius 1 is 0.786 bits per heavy atom. The standard InChI is InChI=1S/C2Cl3F3O4S2/c3-1(4,6)13(9,10)14(11,12)2(5,7)8. The molecule has 4 nitrogen and oxygen atoms in total. The number of rotatable bonds is 3. The number of hydrogen-bond donors (Lipinski definition) is 0. The van der Waals surface area contributed by atoms with E-state index < -0.39 is 26.4 Å². The average molecular weight is 316 g/mol. The predicted octanol–water partition coefficient (Wildman–Crippen LogP) is 1.58. The molecule has 0 saturated carbocycles. The Morgan fingerprint density at radius 2 is 1.07 bits per heavy atom. The fourth-order valence-corrected chi connectivity index (χ4v) is 4.48. The molecule has 0 heterocycles. The van der Waals surface area contributed by atoms with Crippen molar-refractivity contribution in [1.82, 2.24) is 0 Å². The second-order valence-corrected chi connectivity index (χ2v) is 9.71.